The smallest absolute Gasteiger partial charge is 0.315 e. The van der Waals surface area contributed by atoms with Crippen LogP contribution < -0.4 is 16.0 Å². The number of likely N-dealkylation sites (N-methyl/N-ethyl adjacent to an activating group) is 2. The number of piperazine rings is 1. The summed E-state index contributed by atoms with van der Waals surface area (Å²) >= 11 is 1.89. The number of hydrogen-bond acceptors (Lipinski definition) is 12. The average molecular weight is 777 g/mol. The second-order valence-corrected chi connectivity index (χ2v) is 14.8. The van der Waals surface area contributed by atoms with Crippen LogP contribution in [0.4, 0.5) is 4.79 Å². The molecule has 3 N–H and O–H groups in total. The molecule has 14 heteroatoms. The molecule has 306 valence electrons. The predicted octanol–water partition coefficient (Wildman–Crippen LogP) is 4.13. The van der Waals surface area contributed by atoms with E-state index in [4.69, 9.17) is 23.9 Å². The zero-order valence-electron chi connectivity index (χ0n) is 33.5. The van der Waals surface area contributed by atoms with Crippen LogP contribution in [0.5, 0.6) is 0 Å². The monoisotopic (exact) mass is 776 g/mol. The molecule has 0 saturated carbocycles. The largest absolute Gasteiger partial charge is 0.379 e. The molecule has 2 amide bonds. The number of thioether (sulfide) groups is 1. The van der Waals surface area contributed by atoms with Crippen molar-refractivity contribution >= 4 is 41.3 Å². The Balaban J connectivity index is 0.000000274. The fourth-order valence-electron chi connectivity index (χ4n) is 5.45. The van der Waals surface area contributed by atoms with Crippen molar-refractivity contribution in [2.75, 3.05) is 111 Å². The minimum Gasteiger partial charge on any atom is -0.379 e. The number of carbonyl (C=O) groups is 3. The standard InChI is InChI=1S/C18H25N3.C12H25NO5.C5H8N2OS.C5H10O/c1-14(2)17-7-5-16-12-15(4-6-18(16)19-17)13-21-10-8-20(3)9-11-21;1-13-3-6-16-8-10-18-12-11-17-9-7-15-5-2-4-14;8-5-6-3-1-9-2-4(3)7-5;1-2-3-4-5-6/h4-7,12,14H,8-11,13H2,1-3H3;4,13H,2-3,5-12H2,1H3;3-4H,1-2H2,(H2,6,7,8);5H,2-4H2,1H3. The van der Waals surface area contributed by atoms with Crippen LogP contribution in [-0.4, -0.2) is 157 Å². The molecule has 3 aliphatic heterocycles. The third-order valence-corrected chi connectivity index (χ3v) is 9.94. The number of urea groups is 1. The first-order valence-electron chi connectivity index (χ1n) is 19.6. The van der Waals surface area contributed by atoms with Crippen LogP contribution in [0.25, 0.3) is 10.9 Å². The van der Waals surface area contributed by atoms with Crippen molar-refractivity contribution in [2.45, 2.75) is 71.0 Å². The van der Waals surface area contributed by atoms with Gasteiger partial charge in [0.25, 0.3) is 0 Å². The molecule has 1 aromatic carbocycles. The maximum Gasteiger partial charge on any atom is 0.315 e. The summed E-state index contributed by atoms with van der Waals surface area (Å²) in [6, 6.07) is 11.9. The van der Waals surface area contributed by atoms with Crippen LogP contribution in [0.2, 0.25) is 0 Å². The second-order valence-electron chi connectivity index (χ2n) is 13.7. The van der Waals surface area contributed by atoms with Crippen molar-refractivity contribution in [3.63, 3.8) is 0 Å². The van der Waals surface area contributed by atoms with E-state index >= 15 is 0 Å². The van der Waals surface area contributed by atoms with Gasteiger partial charge in [-0.1, -0.05) is 39.3 Å². The lowest BCUT2D eigenvalue weighted by molar-refractivity contribution is -0.109. The quantitative estimate of drug-likeness (QED) is 0.0954. The SMILES string of the molecule is CC(C)c1ccc2cc(CN3CCN(C)CC3)ccc2n1.CCCCC=O.CNCCOCCOCCOCCOCCC=O.O=C1NC2CSCC2N1. The van der Waals surface area contributed by atoms with Crippen LogP contribution in [0.1, 0.15) is 63.6 Å². The lowest BCUT2D eigenvalue weighted by atomic mass is 10.1. The first-order chi connectivity index (χ1) is 26.3. The van der Waals surface area contributed by atoms with Gasteiger partial charge in [0, 0.05) is 74.7 Å². The molecule has 4 heterocycles. The second kappa shape index (κ2) is 30.5. The van der Waals surface area contributed by atoms with Crippen LogP contribution in [0, 0.1) is 0 Å². The maximum atomic E-state index is 10.6. The lowest BCUT2D eigenvalue weighted by Gasteiger charge is -2.32. The first kappa shape index (κ1) is 47.5. The summed E-state index contributed by atoms with van der Waals surface area (Å²) in [5.41, 5.74) is 3.68. The zero-order valence-corrected chi connectivity index (χ0v) is 34.3. The third kappa shape index (κ3) is 21.4. The molecule has 5 rings (SSSR count). The van der Waals surface area contributed by atoms with E-state index in [0.717, 1.165) is 61.9 Å². The number of ether oxygens (including phenoxy) is 4. The Morgan fingerprint density at radius 1 is 0.852 bits per heavy atom. The summed E-state index contributed by atoms with van der Waals surface area (Å²) in [5.74, 6) is 2.63. The van der Waals surface area contributed by atoms with Gasteiger partial charge >= 0.3 is 6.03 Å². The van der Waals surface area contributed by atoms with E-state index < -0.39 is 0 Å². The molecule has 3 saturated heterocycles. The minimum absolute atomic E-state index is 0.00491. The Labute approximate surface area is 328 Å². The van der Waals surface area contributed by atoms with Crippen LogP contribution in [0.3, 0.4) is 0 Å². The van der Waals surface area contributed by atoms with Gasteiger partial charge in [-0.3, -0.25) is 9.88 Å². The van der Waals surface area contributed by atoms with Crippen LogP contribution in [-0.2, 0) is 35.1 Å². The van der Waals surface area contributed by atoms with E-state index in [9.17, 15) is 14.4 Å². The Morgan fingerprint density at radius 3 is 1.98 bits per heavy atom. The van der Waals surface area contributed by atoms with Crippen molar-refractivity contribution in [3.05, 3.63) is 41.6 Å². The Morgan fingerprint density at radius 2 is 1.44 bits per heavy atom. The van der Waals surface area contributed by atoms with E-state index in [1.54, 1.807) is 0 Å². The molecule has 2 aromatic rings. The number of aldehydes is 2. The van der Waals surface area contributed by atoms with Crippen molar-refractivity contribution in [1.82, 2.24) is 30.7 Å². The van der Waals surface area contributed by atoms with Crippen LogP contribution >= 0.6 is 11.8 Å². The normalized spacial score (nSPS) is 18.0. The molecule has 0 aliphatic carbocycles. The molecule has 54 heavy (non-hydrogen) atoms. The lowest BCUT2D eigenvalue weighted by Crippen LogP contribution is -2.43. The number of pyridine rings is 1. The first-order valence-corrected chi connectivity index (χ1v) is 20.7. The van der Waals surface area contributed by atoms with Gasteiger partial charge in [-0.05, 0) is 50.2 Å². The molecule has 0 radical (unpaired) electrons. The molecule has 2 atom stereocenters. The molecule has 3 aliphatic rings. The van der Waals surface area contributed by atoms with Crippen molar-refractivity contribution < 1.29 is 33.3 Å². The number of carbonyl (C=O) groups excluding carboxylic acids is 3. The van der Waals surface area contributed by atoms with Crippen molar-refractivity contribution in [2.24, 2.45) is 0 Å². The van der Waals surface area contributed by atoms with Gasteiger partial charge in [0.2, 0.25) is 0 Å². The highest BCUT2D eigenvalue weighted by atomic mass is 32.2. The van der Waals surface area contributed by atoms with Gasteiger partial charge in [-0.2, -0.15) is 11.8 Å². The van der Waals surface area contributed by atoms with E-state index in [-0.39, 0.29) is 6.03 Å². The number of aromatic nitrogens is 1. The number of hydrogen-bond donors (Lipinski definition) is 3. The minimum atomic E-state index is 0.00491. The van der Waals surface area contributed by atoms with E-state index in [1.165, 1.54) is 42.8 Å². The summed E-state index contributed by atoms with van der Waals surface area (Å²) in [5, 5.41) is 9.94. The van der Waals surface area contributed by atoms with Gasteiger partial charge in [-0.15, -0.1) is 0 Å². The molecule has 0 bridgehead atoms. The molecule has 3 fully saturated rings. The Hall–Kier alpha value is -2.69. The predicted molar refractivity (Wildman–Crippen MR) is 219 cm³/mol. The molecule has 13 nitrogen and oxygen atoms in total. The summed E-state index contributed by atoms with van der Waals surface area (Å²) < 4.78 is 21.0. The Kier molecular flexibility index (Phi) is 26.8. The zero-order chi connectivity index (χ0) is 39.2. The van der Waals surface area contributed by atoms with Gasteiger partial charge in [0.05, 0.1) is 70.5 Å². The van der Waals surface area contributed by atoms with Gasteiger partial charge in [0.15, 0.2) is 0 Å². The van der Waals surface area contributed by atoms with Crippen LogP contribution in [0.15, 0.2) is 30.3 Å². The number of amides is 2. The molecule has 0 spiro atoms. The summed E-state index contributed by atoms with van der Waals surface area (Å²) in [7, 11) is 4.09. The Bertz CT molecular complexity index is 1270. The fraction of sp³-hybridized carbons (Fsp3) is 0.700. The highest BCUT2D eigenvalue weighted by molar-refractivity contribution is 7.99. The topological polar surface area (TPSA) is 144 Å². The van der Waals surface area contributed by atoms with Crippen molar-refractivity contribution in [3.8, 4) is 0 Å². The summed E-state index contributed by atoms with van der Waals surface area (Å²) in [6.07, 6.45) is 5.15. The summed E-state index contributed by atoms with van der Waals surface area (Å²) in [6.45, 7) is 17.6. The number of fused-ring (bicyclic) bond motifs is 2. The summed E-state index contributed by atoms with van der Waals surface area (Å²) in [4.78, 5) is 39.9. The third-order valence-electron chi connectivity index (χ3n) is 8.75. The van der Waals surface area contributed by atoms with Gasteiger partial charge < -0.3 is 49.4 Å². The van der Waals surface area contributed by atoms with E-state index in [1.807, 2.05) is 18.8 Å². The fourth-order valence-corrected chi connectivity index (χ4v) is 6.72. The molecular formula is C40H68N6O7S. The number of nitrogens with one attached hydrogen (secondary N) is 3. The molecule has 1 aromatic heterocycles. The highest BCUT2D eigenvalue weighted by Gasteiger charge is 2.35. The number of rotatable bonds is 21. The number of nitrogens with zero attached hydrogens (tertiary/aromatic N) is 3. The van der Waals surface area contributed by atoms with E-state index in [2.05, 4.69) is 83.9 Å². The van der Waals surface area contributed by atoms with Gasteiger partial charge in [0.1, 0.15) is 12.6 Å². The highest BCUT2D eigenvalue weighted by Crippen LogP contribution is 2.21. The average Bonchev–Trinajstić information content (AvgIpc) is 3.76. The number of benzene rings is 1. The van der Waals surface area contributed by atoms with Crippen molar-refractivity contribution in [1.29, 1.82) is 0 Å². The molecule has 2 unspecified atom stereocenters. The molecular weight excluding hydrogens is 709 g/mol. The van der Waals surface area contributed by atoms with E-state index in [0.29, 0.717) is 77.3 Å². The van der Waals surface area contributed by atoms with Gasteiger partial charge in [-0.25, -0.2) is 4.79 Å². The number of unbranched alkanes of at least 4 members (excludes halogenated alkanes) is 2. The maximum absolute atomic E-state index is 10.6.